The number of likely N-dealkylation sites (N-methyl/N-ethyl adjacent to an activating group) is 1. The number of anilines is 1. The molecule has 0 aromatic heterocycles. The molecular formula is C29H37N6O5+. The van der Waals surface area contributed by atoms with Crippen LogP contribution in [0.3, 0.4) is 0 Å². The maximum Gasteiger partial charge on any atom is 0.353 e. The lowest BCUT2D eigenvalue weighted by atomic mass is 9.99. The number of aliphatic imine (C=N–C) groups is 1. The highest BCUT2D eigenvalue weighted by molar-refractivity contribution is 5.99. The Morgan fingerprint density at radius 1 is 1.07 bits per heavy atom. The Bertz CT molecular complexity index is 1280. The Morgan fingerprint density at radius 3 is 2.30 bits per heavy atom. The lowest BCUT2D eigenvalue weighted by Gasteiger charge is -2.32. The molecule has 7 N–H and O–H groups in total. The van der Waals surface area contributed by atoms with Crippen molar-refractivity contribution in [1.82, 2.24) is 0 Å². The molecule has 0 bridgehead atoms. The van der Waals surface area contributed by atoms with Crippen molar-refractivity contribution in [2.24, 2.45) is 28.1 Å². The first kappa shape index (κ1) is 30.2. The second-order valence-corrected chi connectivity index (χ2v) is 10.0. The zero-order valence-corrected chi connectivity index (χ0v) is 22.6. The van der Waals surface area contributed by atoms with E-state index in [9.17, 15) is 24.3 Å². The van der Waals surface area contributed by atoms with Gasteiger partial charge in [0.1, 0.15) is 12.6 Å². The number of carboxylic acids is 1. The van der Waals surface area contributed by atoms with Gasteiger partial charge in [0.2, 0.25) is 5.91 Å². The number of hydrogen-bond acceptors (Lipinski definition) is 6. The summed E-state index contributed by atoms with van der Waals surface area (Å²) in [5, 5.41) is 9.53. The van der Waals surface area contributed by atoms with Gasteiger partial charge in [0, 0.05) is 18.8 Å². The summed E-state index contributed by atoms with van der Waals surface area (Å²) in [7, 11) is 1.52. The number of para-hydroxylation sites is 1. The van der Waals surface area contributed by atoms with Gasteiger partial charge in [0.15, 0.2) is 5.96 Å². The van der Waals surface area contributed by atoms with Crippen molar-refractivity contribution < 1.29 is 28.8 Å². The molecule has 2 unspecified atom stereocenters. The summed E-state index contributed by atoms with van der Waals surface area (Å²) < 4.78 is -0.668. The fourth-order valence-electron chi connectivity index (χ4n) is 4.87. The van der Waals surface area contributed by atoms with Gasteiger partial charge in [0.05, 0.1) is 24.9 Å². The van der Waals surface area contributed by atoms with Gasteiger partial charge >= 0.3 is 17.8 Å². The van der Waals surface area contributed by atoms with Crippen molar-refractivity contribution in [2.75, 3.05) is 31.6 Å². The smallest absolute Gasteiger partial charge is 0.353 e. The van der Waals surface area contributed by atoms with Crippen LogP contribution in [0.5, 0.6) is 0 Å². The summed E-state index contributed by atoms with van der Waals surface area (Å²) in [6, 6.07) is 16.5. The van der Waals surface area contributed by atoms with Gasteiger partial charge < -0.3 is 27.2 Å². The number of aliphatic carboxylic acids is 1. The van der Waals surface area contributed by atoms with Crippen LogP contribution in [0.2, 0.25) is 0 Å². The second kappa shape index (κ2) is 13.6. The van der Waals surface area contributed by atoms with Crippen LogP contribution in [-0.2, 0) is 14.4 Å². The van der Waals surface area contributed by atoms with Crippen LogP contribution in [-0.4, -0.2) is 72.0 Å². The van der Waals surface area contributed by atoms with E-state index in [0.717, 1.165) is 0 Å². The van der Waals surface area contributed by atoms with Gasteiger partial charge in [-0.1, -0.05) is 42.5 Å². The zero-order valence-electron chi connectivity index (χ0n) is 22.6. The Morgan fingerprint density at radius 2 is 1.70 bits per heavy atom. The van der Waals surface area contributed by atoms with Crippen LogP contribution in [0, 0.1) is 5.92 Å². The van der Waals surface area contributed by atoms with Gasteiger partial charge in [-0.3, -0.25) is 14.6 Å². The van der Waals surface area contributed by atoms with Crippen LogP contribution in [0.4, 0.5) is 5.69 Å². The SMILES string of the molecule is C[N+](CC1=CC(CC(=O)O)C(=O)N(c2ccccc2)CC1)(C(=O)c1ccccc1)C(=O)[C@@H](N)CCCN=C(N)N. The molecule has 11 nitrogen and oxygen atoms in total. The summed E-state index contributed by atoms with van der Waals surface area (Å²) in [5.41, 5.74) is 18.7. The Balaban J connectivity index is 1.95. The van der Waals surface area contributed by atoms with Crippen molar-refractivity contribution in [2.45, 2.75) is 31.7 Å². The largest absolute Gasteiger partial charge is 0.481 e. The fourth-order valence-corrected chi connectivity index (χ4v) is 4.87. The predicted octanol–water partition coefficient (Wildman–Crippen LogP) is 1.64. The van der Waals surface area contributed by atoms with Crippen LogP contribution in [0.15, 0.2) is 77.3 Å². The number of carbonyl (C=O) groups excluding carboxylic acids is 3. The number of imide groups is 1. The molecule has 1 aliphatic heterocycles. The lowest BCUT2D eigenvalue weighted by molar-refractivity contribution is -0.746. The first-order valence-electron chi connectivity index (χ1n) is 13.1. The van der Waals surface area contributed by atoms with Gasteiger partial charge in [-0.15, -0.1) is 0 Å². The molecule has 2 aromatic rings. The standard InChI is InChI=1S/C29H36N6O5/c1-35(27(39)21-9-4-2-5-10-21,28(40)24(30)13-8-15-33-29(31)32)19-20-14-16-34(23-11-6-3-7-12-23)26(38)22(17-20)18-25(36)37/h2-7,9-12,17,22,24H,8,13-16,18-19,30H2,1H3,(H4-,31,32,33,36,37)/p+1/t22?,24-,35?/m0/s1. The molecule has 2 aromatic carbocycles. The first-order chi connectivity index (χ1) is 19.0. The van der Waals surface area contributed by atoms with E-state index in [0.29, 0.717) is 36.2 Å². The predicted molar refractivity (Wildman–Crippen MR) is 152 cm³/mol. The van der Waals surface area contributed by atoms with Crippen LogP contribution in [0.1, 0.15) is 36.0 Å². The summed E-state index contributed by atoms with van der Waals surface area (Å²) in [6.07, 6.45) is 2.23. The summed E-state index contributed by atoms with van der Waals surface area (Å²) in [4.78, 5) is 58.2. The van der Waals surface area contributed by atoms with E-state index in [2.05, 4.69) is 4.99 Å². The molecule has 0 saturated carbocycles. The summed E-state index contributed by atoms with van der Waals surface area (Å²) >= 11 is 0. The minimum atomic E-state index is -1.12. The monoisotopic (exact) mass is 549 g/mol. The molecule has 0 radical (unpaired) electrons. The summed E-state index contributed by atoms with van der Waals surface area (Å²) in [6.45, 7) is 0.502. The number of guanidine groups is 1. The molecule has 0 aliphatic carbocycles. The molecule has 3 amide bonds. The molecule has 40 heavy (non-hydrogen) atoms. The van der Waals surface area contributed by atoms with Crippen LogP contribution >= 0.6 is 0 Å². The highest BCUT2D eigenvalue weighted by Crippen LogP contribution is 2.28. The average molecular weight is 550 g/mol. The molecule has 0 saturated heterocycles. The number of nitrogens with two attached hydrogens (primary N) is 3. The molecule has 212 valence electrons. The van der Waals surface area contributed by atoms with Crippen molar-refractivity contribution in [3.05, 3.63) is 77.9 Å². The molecule has 0 spiro atoms. The van der Waals surface area contributed by atoms with E-state index in [1.165, 1.54) is 7.05 Å². The number of rotatable bonds is 11. The minimum absolute atomic E-state index is 0.0554. The third-order valence-electron chi connectivity index (χ3n) is 6.90. The molecular weight excluding hydrogens is 512 g/mol. The quantitative estimate of drug-likeness (QED) is 0.107. The molecule has 1 heterocycles. The van der Waals surface area contributed by atoms with Gasteiger partial charge in [0.25, 0.3) is 0 Å². The van der Waals surface area contributed by atoms with Crippen LogP contribution in [0.25, 0.3) is 0 Å². The number of carbonyl (C=O) groups is 4. The second-order valence-electron chi connectivity index (χ2n) is 10.0. The minimum Gasteiger partial charge on any atom is -0.481 e. The Kier molecular flexibility index (Phi) is 10.3. The normalized spacial score (nSPS) is 17.6. The maximum absolute atomic E-state index is 13.8. The van der Waals surface area contributed by atoms with Gasteiger partial charge in [-0.25, -0.2) is 9.59 Å². The van der Waals surface area contributed by atoms with Crippen molar-refractivity contribution in [3.8, 4) is 0 Å². The molecule has 3 atom stereocenters. The molecule has 1 aliphatic rings. The number of carboxylic acid groups (broad SMARTS) is 1. The Labute approximate surface area is 233 Å². The molecule has 0 fully saturated rings. The van der Waals surface area contributed by atoms with E-state index in [1.807, 2.05) is 6.07 Å². The third kappa shape index (κ3) is 7.61. The van der Waals surface area contributed by atoms with E-state index < -0.39 is 40.6 Å². The van der Waals surface area contributed by atoms with Crippen LogP contribution < -0.4 is 22.1 Å². The topological polar surface area (TPSA) is 182 Å². The highest BCUT2D eigenvalue weighted by Gasteiger charge is 2.45. The maximum atomic E-state index is 13.8. The lowest BCUT2D eigenvalue weighted by Crippen LogP contribution is -2.60. The first-order valence-corrected chi connectivity index (χ1v) is 13.1. The van der Waals surface area contributed by atoms with Gasteiger partial charge in [-0.2, -0.15) is 4.48 Å². The fraction of sp³-hybridized carbons (Fsp3) is 0.345. The van der Waals surface area contributed by atoms with E-state index >= 15 is 0 Å². The number of nitrogens with zero attached hydrogens (tertiary/aromatic N) is 3. The molecule has 3 rings (SSSR count). The van der Waals surface area contributed by atoms with Crippen molar-refractivity contribution >= 4 is 35.3 Å². The number of benzene rings is 2. The molecule has 11 heteroatoms. The van der Waals surface area contributed by atoms with Crippen molar-refractivity contribution in [1.29, 1.82) is 0 Å². The third-order valence-corrected chi connectivity index (χ3v) is 6.90. The van der Waals surface area contributed by atoms with Gasteiger partial charge in [-0.05, 0) is 49.1 Å². The Hall–Kier alpha value is -4.35. The highest BCUT2D eigenvalue weighted by atomic mass is 16.4. The summed E-state index contributed by atoms with van der Waals surface area (Å²) in [5.74, 6) is -3.44. The van der Waals surface area contributed by atoms with E-state index in [-0.39, 0.29) is 31.4 Å². The average Bonchev–Trinajstić information content (AvgIpc) is 3.08. The zero-order chi connectivity index (χ0) is 29.3. The van der Waals surface area contributed by atoms with Crippen molar-refractivity contribution in [3.63, 3.8) is 0 Å². The van der Waals surface area contributed by atoms with E-state index in [1.54, 1.807) is 65.6 Å². The number of quaternary nitrogens is 1. The number of hydrogen-bond donors (Lipinski definition) is 4. The number of amides is 3. The van der Waals surface area contributed by atoms with E-state index in [4.69, 9.17) is 17.2 Å².